The van der Waals surface area contributed by atoms with Crippen molar-refractivity contribution in [2.45, 2.75) is 302 Å². The maximum Gasteiger partial charge on any atom is 0.306 e. The molecule has 0 aliphatic heterocycles. The van der Waals surface area contributed by atoms with Crippen molar-refractivity contribution in [1.82, 2.24) is 0 Å². The first-order valence-corrected chi connectivity index (χ1v) is 36.1. The number of ether oxygens (including phenoxy) is 2. The zero-order chi connectivity index (χ0) is 61.2. The lowest BCUT2D eigenvalue weighted by Gasteiger charge is -2.28. The third-order valence-corrected chi connectivity index (χ3v) is 15.8. The molecule has 0 aromatic rings. The highest BCUT2D eigenvalue weighted by molar-refractivity contribution is 7.45. The summed E-state index contributed by atoms with van der Waals surface area (Å²) in [5, 5.41) is 0. The minimum Gasteiger partial charge on any atom is -0.756 e. The predicted octanol–water partition coefficient (Wildman–Crippen LogP) is 21.9. The number of hydrogen-bond donors (Lipinski definition) is 0. The fourth-order valence-electron chi connectivity index (χ4n) is 9.52. The summed E-state index contributed by atoms with van der Waals surface area (Å²) in [6, 6.07) is 0. The molecule has 0 amide bonds. The minimum absolute atomic E-state index is 0.0479. The van der Waals surface area contributed by atoms with Crippen molar-refractivity contribution in [2.24, 2.45) is 0 Å². The number of likely N-dealkylation sites (N-methyl/N-ethyl adjacent to an activating group) is 1. The zero-order valence-electron chi connectivity index (χ0n) is 55.1. The molecule has 0 saturated carbocycles. The molecule has 0 rings (SSSR count). The van der Waals surface area contributed by atoms with Gasteiger partial charge in [0.15, 0.2) is 6.10 Å². The van der Waals surface area contributed by atoms with Gasteiger partial charge < -0.3 is 27.9 Å². The number of phosphoric ester groups is 1. The van der Waals surface area contributed by atoms with Crippen molar-refractivity contribution in [1.29, 1.82) is 0 Å². The van der Waals surface area contributed by atoms with Crippen molar-refractivity contribution in [3.63, 3.8) is 0 Å². The summed E-state index contributed by atoms with van der Waals surface area (Å²) in [4.78, 5) is 37.9. The van der Waals surface area contributed by atoms with Crippen molar-refractivity contribution < 1.29 is 42.1 Å². The fraction of sp³-hybridized carbons (Fsp3) is 0.730. The van der Waals surface area contributed by atoms with Crippen LogP contribution in [0.1, 0.15) is 296 Å². The monoisotopic (exact) mass is 1190 g/mol. The van der Waals surface area contributed by atoms with Gasteiger partial charge in [0.2, 0.25) is 0 Å². The molecule has 0 saturated heterocycles. The quantitative estimate of drug-likeness (QED) is 0.0195. The first kappa shape index (κ1) is 80.7. The van der Waals surface area contributed by atoms with Gasteiger partial charge in [-0.15, -0.1) is 0 Å². The summed E-state index contributed by atoms with van der Waals surface area (Å²) >= 11 is 0. The Bertz CT molecular complexity index is 1790. The highest BCUT2D eigenvalue weighted by Crippen LogP contribution is 2.38. The van der Waals surface area contributed by atoms with Crippen LogP contribution in [0.4, 0.5) is 0 Å². The Balaban J connectivity index is 3.96. The highest BCUT2D eigenvalue weighted by atomic mass is 31.2. The molecule has 0 heterocycles. The molecule has 0 bridgehead atoms. The molecular weight excluding hydrogens is 1060 g/mol. The van der Waals surface area contributed by atoms with E-state index < -0.39 is 32.5 Å². The molecule has 10 heteroatoms. The van der Waals surface area contributed by atoms with E-state index in [9.17, 15) is 19.0 Å². The topological polar surface area (TPSA) is 111 Å². The van der Waals surface area contributed by atoms with Gasteiger partial charge in [-0.3, -0.25) is 14.2 Å². The van der Waals surface area contributed by atoms with Gasteiger partial charge in [0.25, 0.3) is 7.82 Å². The van der Waals surface area contributed by atoms with E-state index in [1.807, 2.05) is 33.3 Å². The van der Waals surface area contributed by atoms with Crippen LogP contribution in [-0.4, -0.2) is 70.0 Å². The van der Waals surface area contributed by atoms with E-state index in [4.69, 9.17) is 18.5 Å². The molecule has 484 valence electrons. The lowest BCUT2D eigenvalue weighted by atomic mass is 10.0. The maximum atomic E-state index is 12.8. The Labute approximate surface area is 518 Å². The molecule has 0 aliphatic rings. The average molecular weight is 1190 g/mol. The lowest BCUT2D eigenvalue weighted by molar-refractivity contribution is -0.870. The van der Waals surface area contributed by atoms with Crippen LogP contribution in [-0.2, 0) is 32.7 Å². The molecular formula is C74H130NO8P. The standard InChI is InChI=1S/C74H130NO8P/c1-6-8-10-12-14-16-18-20-22-24-26-27-28-29-30-31-32-33-34-35-36-37-38-39-40-41-42-43-44-45-46-47-49-50-52-54-56-58-60-62-64-66-73(76)80-70-72(71-82-84(78,79)81-69-68-75(3,4)5)83-74(77)67-65-63-61-59-57-55-53-51-48-25-23-21-19-17-15-13-11-9-7-2/h9,11,15,17-18,20-21,23-24,26,28-29,48,51,55,57,61,63,72H,6-8,10,12-14,16,19,22,25,27,30-47,49-50,52-54,56,58-60,62,64-71H2,1-5H3/b11-9-,17-15-,20-18-,23-21-,26-24-,29-28-,51-48-,57-55-,63-61-. The van der Waals surface area contributed by atoms with Crippen molar-refractivity contribution in [3.05, 3.63) is 109 Å². The van der Waals surface area contributed by atoms with Gasteiger partial charge in [-0.25, -0.2) is 0 Å². The van der Waals surface area contributed by atoms with E-state index in [2.05, 4.69) is 111 Å². The molecule has 0 aromatic heterocycles. The van der Waals surface area contributed by atoms with Crippen LogP contribution in [0.3, 0.4) is 0 Å². The van der Waals surface area contributed by atoms with Crippen molar-refractivity contribution in [2.75, 3.05) is 47.5 Å². The van der Waals surface area contributed by atoms with E-state index in [1.54, 1.807) is 0 Å². The number of carbonyl (C=O) groups is 2. The number of rotatable bonds is 63. The molecule has 2 atom stereocenters. The van der Waals surface area contributed by atoms with Gasteiger partial charge in [0.1, 0.15) is 19.8 Å². The van der Waals surface area contributed by atoms with Crippen LogP contribution in [0.25, 0.3) is 0 Å². The first-order valence-electron chi connectivity index (χ1n) is 34.6. The minimum atomic E-state index is -4.66. The summed E-state index contributed by atoms with van der Waals surface area (Å²) in [7, 11) is 1.12. The zero-order valence-corrected chi connectivity index (χ0v) is 56.0. The van der Waals surface area contributed by atoms with Crippen LogP contribution < -0.4 is 4.89 Å². The molecule has 84 heavy (non-hydrogen) atoms. The first-order chi connectivity index (χ1) is 41.0. The number of unbranched alkanes of at least 4 members (excludes halogenated alkanes) is 31. The smallest absolute Gasteiger partial charge is 0.306 e. The van der Waals surface area contributed by atoms with Gasteiger partial charge in [-0.05, 0) is 89.9 Å². The third-order valence-electron chi connectivity index (χ3n) is 14.8. The Morgan fingerprint density at radius 1 is 0.381 bits per heavy atom. The van der Waals surface area contributed by atoms with E-state index in [1.165, 1.54) is 193 Å². The van der Waals surface area contributed by atoms with E-state index >= 15 is 0 Å². The summed E-state index contributed by atoms with van der Waals surface area (Å²) < 4.78 is 34.1. The SMILES string of the molecule is CC/C=C\C/C=C\C/C=C\C/C=C\C/C=C\C/C=C\CCC(=O)OC(COC(=O)CCCCCCCCCCCCCCCCCCCCCCCCCCCC/C=C\C/C=C\C/C=C\CCCCCCC)COP(=O)([O-])OCC[N+](C)(C)C. The fourth-order valence-corrected chi connectivity index (χ4v) is 10.2. The number of carbonyl (C=O) groups excluding carboxylic acids is 2. The van der Waals surface area contributed by atoms with Crippen molar-refractivity contribution in [3.8, 4) is 0 Å². The number of nitrogens with zero attached hydrogens (tertiary/aromatic N) is 1. The number of esters is 2. The van der Waals surface area contributed by atoms with E-state index in [0.29, 0.717) is 17.4 Å². The van der Waals surface area contributed by atoms with Crippen LogP contribution in [0.5, 0.6) is 0 Å². The molecule has 0 spiro atoms. The Hall–Kier alpha value is -3.33. The second kappa shape index (κ2) is 64.2. The Morgan fingerprint density at radius 3 is 1.06 bits per heavy atom. The summed E-state index contributed by atoms with van der Waals surface area (Å²) in [5.41, 5.74) is 0. The molecule has 0 aromatic carbocycles. The summed E-state index contributed by atoms with van der Waals surface area (Å²) in [6.45, 7) is 4.04. The normalized spacial score (nSPS) is 13.8. The largest absolute Gasteiger partial charge is 0.756 e. The maximum absolute atomic E-state index is 12.8. The van der Waals surface area contributed by atoms with Gasteiger partial charge in [0.05, 0.1) is 27.7 Å². The van der Waals surface area contributed by atoms with Gasteiger partial charge in [-0.2, -0.15) is 0 Å². The summed E-state index contributed by atoms with van der Waals surface area (Å²) in [5.74, 6) is -0.928. The van der Waals surface area contributed by atoms with Crippen LogP contribution in [0.15, 0.2) is 109 Å². The Kier molecular flexibility index (Phi) is 61.6. The molecule has 0 aliphatic carbocycles. The van der Waals surface area contributed by atoms with Crippen molar-refractivity contribution >= 4 is 19.8 Å². The molecule has 2 unspecified atom stereocenters. The number of allylic oxidation sites excluding steroid dienone is 18. The second-order valence-electron chi connectivity index (χ2n) is 24.2. The molecule has 0 fully saturated rings. The number of phosphoric acid groups is 1. The summed E-state index contributed by atoms with van der Waals surface area (Å²) in [6.07, 6.45) is 90.7. The van der Waals surface area contributed by atoms with Crippen LogP contribution in [0, 0.1) is 0 Å². The molecule has 0 N–H and O–H groups in total. The molecule has 9 nitrogen and oxygen atoms in total. The predicted molar refractivity (Wildman–Crippen MR) is 360 cm³/mol. The highest BCUT2D eigenvalue weighted by Gasteiger charge is 2.21. The number of hydrogen-bond acceptors (Lipinski definition) is 8. The van der Waals surface area contributed by atoms with E-state index in [-0.39, 0.29) is 26.1 Å². The lowest BCUT2D eigenvalue weighted by Crippen LogP contribution is -2.37. The van der Waals surface area contributed by atoms with Crippen LogP contribution in [0.2, 0.25) is 0 Å². The third kappa shape index (κ3) is 67.8. The molecule has 0 radical (unpaired) electrons. The van der Waals surface area contributed by atoms with Gasteiger partial charge in [-0.1, -0.05) is 303 Å². The van der Waals surface area contributed by atoms with E-state index in [0.717, 1.165) is 70.6 Å². The van der Waals surface area contributed by atoms with Crippen LogP contribution >= 0.6 is 7.82 Å². The second-order valence-corrected chi connectivity index (χ2v) is 25.6. The van der Waals surface area contributed by atoms with Gasteiger partial charge >= 0.3 is 11.9 Å². The van der Waals surface area contributed by atoms with Gasteiger partial charge in [0, 0.05) is 12.8 Å². The average Bonchev–Trinajstić information content (AvgIpc) is 3.61. The Morgan fingerprint density at radius 2 is 0.702 bits per heavy atom. The number of quaternary nitrogens is 1.